The minimum Gasteiger partial charge on any atom is -0.279 e. The Bertz CT molecular complexity index is 721. The lowest BCUT2D eigenvalue weighted by Crippen LogP contribution is -2.33. The number of hydrogen-bond donors (Lipinski definition) is 1. The summed E-state index contributed by atoms with van der Waals surface area (Å²) in [4.78, 5) is 29.3. The molecule has 0 atom stereocenters. The van der Waals surface area contributed by atoms with Crippen molar-refractivity contribution in [2.24, 2.45) is 0 Å². The third-order valence-corrected chi connectivity index (χ3v) is 3.84. The topological polar surface area (TPSA) is 78.2 Å². The van der Waals surface area contributed by atoms with E-state index < -0.39 is 5.91 Å². The number of aromatic nitrogens is 3. The number of benzene rings is 1. The molecule has 0 saturated carbocycles. The van der Waals surface area contributed by atoms with Crippen molar-refractivity contribution in [3.63, 3.8) is 0 Å². The molecular weight excluding hydrogens is 296 g/mol. The normalized spacial score (nSPS) is 14.1. The molecule has 0 fully saturated rings. The summed E-state index contributed by atoms with van der Waals surface area (Å²) in [5.74, 6) is 0.377. The molecule has 0 bridgehead atoms. The molecule has 1 N–H and O–H groups in total. The fourth-order valence-electron chi connectivity index (χ4n) is 2.67. The average Bonchev–Trinajstić information content (AvgIpc) is 2.74. The summed E-state index contributed by atoms with van der Waals surface area (Å²) in [6.07, 6.45) is 3.90. The van der Waals surface area contributed by atoms with Crippen LogP contribution in [-0.4, -0.2) is 20.3 Å². The second-order valence-electron chi connectivity index (χ2n) is 5.62. The van der Waals surface area contributed by atoms with Crippen molar-refractivity contribution in [3.05, 3.63) is 52.2 Å². The Labute approximate surface area is 133 Å². The molecule has 7 nitrogen and oxygen atoms in total. The van der Waals surface area contributed by atoms with Crippen molar-refractivity contribution in [2.45, 2.75) is 45.4 Å². The van der Waals surface area contributed by atoms with Gasteiger partial charge in [-0.15, -0.1) is 0 Å². The minimum atomic E-state index is -0.392. The first-order valence-corrected chi connectivity index (χ1v) is 7.85. The monoisotopic (exact) mass is 316 g/mol. The smallest absolute Gasteiger partial charge is 0.279 e. The maximum absolute atomic E-state index is 12.2. The number of carbonyl (C=O) groups excluding carboxylic acids is 1. The van der Waals surface area contributed by atoms with Gasteiger partial charge in [0.15, 0.2) is 0 Å². The van der Waals surface area contributed by atoms with E-state index in [-0.39, 0.29) is 18.8 Å². The summed E-state index contributed by atoms with van der Waals surface area (Å²) in [6.45, 7) is 0.828. The fourth-order valence-corrected chi connectivity index (χ4v) is 2.67. The molecule has 1 aliphatic heterocycles. The van der Waals surface area contributed by atoms with Crippen LogP contribution in [-0.2, 0) is 35.7 Å². The third kappa shape index (κ3) is 3.87. The number of hydrogen-bond acceptors (Lipinski definition) is 4. The predicted molar refractivity (Wildman–Crippen MR) is 83.4 cm³/mol. The summed E-state index contributed by atoms with van der Waals surface area (Å²) < 4.78 is 2.88. The summed E-state index contributed by atoms with van der Waals surface area (Å²) in [5, 5.41) is 4.27. The lowest BCUT2D eigenvalue weighted by Gasteiger charge is -2.05. The maximum atomic E-state index is 12.2. The number of aryl methyl sites for hydroxylation is 1. The molecule has 0 radical (unpaired) electrons. The Balaban J connectivity index is 1.55. The third-order valence-electron chi connectivity index (χ3n) is 3.84. The molecule has 1 aromatic heterocycles. The molecule has 7 heteroatoms. The van der Waals surface area contributed by atoms with E-state index >= 15 is 0 Å². The Hall–Kier alpha value is -2.41. The van der Waals surface area contributed by atoms with Crippen molar-refractivity contribution in [1.82, 2.24) is 19.8 Å². The number of rotatable bonds is 5. The van der Waals surface area contributed by atoms with E-state index in [0.29, 0.717) is 6.54 Å². The molecule has 2 aromatic rings. The summed E-state index contributed by atoms with van der Waals surface area (Å²) in [7, 11) is 0. The number of amides is 1. The summed E-state index contributed by atoms with van der Waals surface area (Å²) >= 11 is 0. The quantitative estimate of drug-likeness (QED) is 0.835. The lowest BCUT2D eigenvalue weighted by molar-refractivity contribution is -0.135. The zero-order chi connectivity index (χ0) is 16.1. The van der Waals surface area contributed by atoms with E-state index in [1.807, 2.05) is 30.3 Å². The molecule has 0 spiro atoms. The maximum Gasteiger partial charge on any atom is 0.346 e. The highest BCUT2D eigenvalue weighted by Crippen LogP contribution is 2.10. The van der Waals surface area contributed by atoms with E-state index in [4.69, 9.17) is 4.84 Å². The first kappa shape index (κ1) is 15.5. The van der Waals surface area contributed by atoms with Gasteiger partial charge in [-0.05, 0) is 18.4 Å². The molecule has 2 heterocycles. The van der Waals surface area contributed by atoms with Crippen LogP contribution < -0.4 is 11.2 Å². The van der Waals surface area contributed by atoms with Crippen LogP contribution >= 0.6 is 0 Å². The van der Waals surface area contributed by atoms with E-state index in [0.717, 1.165) is 37.1 Å². The van der Waals surface area contributed by atoms with Crippen molar-refractivity contribution in [3.8, 4) is 0 Å². The van der Waals surface area contributed by atoms with Gasteiger partial charge in [0.2, 0.25) is 0 Å². The number of nitrogens with one attached hydrogen (secondary N) is 1. The SMILES string of the molecule is O=C(Cn1nc2n(c1=O)CCCCC2)NOCc1ccccc1. The number of carbonyl (C=O) groups is 1. The molecule has 0 unspecified atom stereocenters. The predicted octanol–water partition coefficient (Wildman–Crippen LogP) is 1.02. The van der Waals surface area contributed by atoms with Crippen molar-refractivity contribution < 1.29 is 9.63 Å². The van der Waals surface area contributed by atoms with Crippen LogP contribution in [0.1, 0.15) is 30.7 Å². The van der Waals surface area contributed by atoms with Crippen LogP contribution in [0.5, 0.6) is 0 Å². The van der Waals surface area contributed by atoms with Gasteiger partial charge in [0, 0.05) is 13.0 Å². The van der Waals surface area contributed by atoms with E-state index in [2.05, 4.69) is 10.6 Å². The molecule has 1 aliphatic rings. The Morgan fingerprint density at radius 1 is 1.22 bits per heavy atom. The Kier molecular flexibility index (Phi) is 4.87. The van der Waals surface area contributed by atoms with Crippen LogP contribution in [0, 0.1) is 0 Å². The Morgan fingerprint density at radius 3 is 2.87 bits per heavy atom. The first-order chi connectivity index (χ1) is 11.2. The fraction of sp³-hybridized carbons (Fsp3) is 0.438. The van der Waals surface area contributed by atoms with Crippen molar-refractivity contribution in [2.75, 3.05) is 0 Å². The Morgan fingerprint density at radius 2 is 2.04 bits per heavy atom. The van der Waals surface area contributed by atoms with E-state index in [1.165, 1.54) is 4.68 Å². The largest absolute Gasteiger partial charge is 0.346 e. The summed E-state index contributed by atoms with van der Waals surface area (Å²) in [6, 6.07) is 9.53. The second-order valence-corrected chi connectivity index (χ2v) is 5.62. The molecule has 0 saturated heterocycles. The highest BCUT2D eigenvalue weighted by atomic mass is 16.6. The van der Waals surface area contributed by atoms with Gasteiger partial charge in [-0.3, -0.25) is 14.2 Å². The minimum absolute atomic E-state index is 0.131. The molecule has 122 valence electrons. The zero-order valence-corrected chi connectivity index (χ0v) is 12.9. The average molecular weight is 316 g/mol. The van der Waals surface area contributed by atoms with Crippen LogP contribution in [0.3, 0.4) is 0 Å². The number of hydroxylamine groups is 1. The van der Waals surface area contributed by atoms with Crippen LogP contribution in [0.25, 0.3) is 0 Å². The van der Waals surface area contributed by atoms with E-state index in [9.17, 15) is 9.59 Å². The highest BCUT2D eigenvalue weighted by Gasteiger charge is 2.17. The molecule has 1 amide bonds. The molecular formula is C16H20N4O3. The van der Waals surface area contributed by atoms with Crippen molar-refractivity contribution in [1.29, 1.82) is 0 Å². The van der Waals surface area contributed by atoms with Gasteiger partial charge in [-0.25, -0.2) is 15.0 Å². The number of fused-ring (bicyclic) bond motifs is 1. The summed E-state index contributed by atoms with van der Waals surface area (Å²) in [5.41, 5.74) is 3.09. The van der Waals surface area contributed by atoms with Gasteiger partial charge < -0.3 is 0 Å². The van der Waals surface area contributed by atoms with Crippen LogP contribution in [0.15, 0.2) is 35.1 Å². The number of nitrogens with zero attached hydrogens (tertiary/aromatic N) is 3. The van der Waals surface area contributed by atoms with Gasteiger partial charge in [0.1, 0.15) is 12.4 Å². The highest BCUT2D eigenvalue weighted by molar-refractivity contribution is 5.74. The van der Waals surface area contributed by atoms with Crippen LogP contribution in [0.2, 0.25) is 0 Å². The van der Waals surface area contributed by atoms with Gasteiger partial charge in [-0.1, -0.05) is 36.8 Å². The zero-order valence-electron chi connectivity index (χ0n) is 12.9. The molecule has 1 aromatic carbocycles. The van der Waals surface area contributed by atoms with E-state index in [1.54, 1.807) is 4.57 Å². The van der Waals surface area contributed by atoms with Gasteiger partial charge >= 0.3 is 5.69 Å². The standard InChI is InChI=1S/C16H20N4O3/c21-15(18-23-12-13-7-3-1-4-8-13)11-20-16(22)19-10-6-2-5-9-14(19)17-20/h1,3-4,7-8H,2,5-6,9-12H2,(H,18,21). The lowest BCUT2D eigenvalue weighted by atomic mass is 10.2. The van der Waals surface area contributed by atoms with Gasteiger partial charge in [0.25, 0.3) is 5.91 Å². The van der Waals surface area contributed by atoms with Gasteiger partial charge in [0.05, 0.1) is 6.61 Å². The van der Waals surface area contributed by atoms with Crippen molar-refractivity contribution >= 4 is 5.91 Å². The second kappa shape index (κ2) is 7.23. The molecule has 23 heavy (non-hydrogen) atoms. The first-order valence-electron chi connectivity index (χ1n) is 7.85. The van der Waals surface area contributed by atoms with Crippen LogP contribution in [0.4, 0.5) is 0 Å². The molecule has 0 aliphatic carbocycles. The van der Waals surface area contributed by atoms with Gasteiger partial charge in [-0.2, -0.15) is 5.10 Å². The molecule has 3 rings (SSSR count).